The normalized spacial score (nSPS) is 12.4. The van der Waals surface area contributed by atoms with Gasteiger partial charge in [-0.15, -0.1) is 11.3 Å². The lowest BCUT2D eigenvalue weighted by Gasteiger charge is -2.17. The van der Waals surface area contributed by atoms with Crippen LogP contribution in [0, 0.1) is 6.92 Å². The molecule has 2 N–H and O–H groups in total. The van der Waals surface area contributed by atoms with Gasteiger partial charge in [-0.25, -0.2) is 0 Å². The number of hydrogen-bond acceptors (Lipinski definition) is 3. The molecule has 2 rings (SSSR count). The summed E-state index contributed by atoms with van der Waals surface area (Å²) in [7, 11) is 1.67. The van der Waals surface area contributed by atoms with E-state index in [0.29, 0.717) is 11.6 Å². The molecule has 2 aromatic rings. The highest BCUT2D eigenvalue weighted by atomic mass is 35.5. The molecular formula is C14H16ClNOS. The molecule has 0 spiro atoms. The maximum atomic E-state index is 6.07. The molecule has 0 fully saturated rings. The van der Waals surface area contributed by atoms with Gasteiger partial charge in [-0.05, 0) is 37.3 Å². The molecular weight excluding hydrogens is 266 g/mol. The Morgan fingerprint density at radius 2 is 2.11 bits per heavy atom. The van der Waals surface area contributed by atoms with Crippen molar-refractivity contribution in [1.82, 2.24) is 0 Å². The Kier molecular flexibility index (Phi) is 4.27. The zero-order valence-corrected chi connectivity index (χ0v) is 12.0. The first kappa shape index (κ1) is 13.4. The molecule has 0 amide bonds. The van der Waals surface area contributed by atoms with E-state index in [0.717, 1.165) is 11.3 Å². The molecule has 0 saturated carbocycles. The first-order valence-corrected chi connectivity index (χ1v) is 6.95. The third-order valence-electron chi connectivity index (χ3n) is 2.91. The lowest BCUT2D eigenvalue weighted by Crippen LogP contribution is -2.13. The van der Waals surface area contributed by atoms with Gasteiger partial charge in [-0.3, -0.25) is 0 Å². The fourth-order valence-electron chi connectivity index (χ4n) is 2.01. The van der Waals surface area contributed by atoms with Crippen molar-refractivity contribution in [1.29, 1.82) is 0 Å². The van der Waals surface area contributed by atoms with E-state index < -0.39 is 0 Å². The van der Waals surface area contributed by atoms with Gasteiger partial charge >= 0.3 is 0 Å². The number of rotatable bonds is 4. The monoisotopic (exact) mass is 281 g/mol. The van der Waals surface area contributed by atoms with Gasteiger partial charge in [0, 0.05) is 32.8 Å². The summed E-state index contributed by atoms with van der Waals surface area (Å²) in [5, 5.41) is 0.706. The number of thiophene rings is 1. The highest BCUT2D eigenvalue weighted by Crippen LogP contribution is 2.36. The minimum absolute atomic E-state index is 0.136. The highest BCUT2D eigenvalue weighted by Gasteiger charge is 2.18. The fourth-order valence-corrected chi connectivity index (χ4v) is 3.20. The molecule has 1 unspecified atom stereocenters. The number of halogens is 1. The van der Waals surface area contributed by atoms with Gasteiger partial charge in [0.2, 0.25) is 0 Å². The van der Waals surface area contributed by atoms with Gasteiger partial charge in [0.1, 0.15) is 5.75 Å². The molecule has 4 heteroatoms. The Bertz CT molecular complexity index is 538. The molecule has 0 bridgehead atoms. The summed E-state index contributed by atoms with van der Waals surface area (Å²) in [6.45, 7) is 2.63. The molecule has 2 nitrogen and oxygen atoms in total. The first-order chi connectivity index (χ1) is 8.65. The lowest BCUT2D eigenvalue weighted by molar-refractivity contribution is 0.408. The SMILES string of the molecule is COc1ccc(Cl)cc1C(CN)c1ccc(C)s1. The molecule has 0 aliphatic rings. The number of nitrogens with two attached hydrogens (primary N) is 1. The van der Waals surface area contributed by atoms with Crippen molar-refractivity contribution in [3.8, 4) is 5.75 Å². The van der Waals surface area contributed by atoms with Crippen LogP contribution in [0.3, 0.4) is 0 Å². The van der Waals surface area contributed by atoms with E-state index in [1.54, 1.807) is 18.4 Å². The minimum atomic E-state index is 0.136. The van der Waals surface area contributed by atoms with E-state index in [9.17, 15) is 0 Å². The van der Waals surface area contributed by atoms with Crippen LogP contribution >= 0.6 is 22.9 Å². The van der Waals surface area contributed by atoms with Crippen molar-refractivity contribution in [3.63, 3.8) is 0 Å². The summed E-state index contributed by atoms with van der Waals surface area (Å²) in [4.78, 5) is 2.53. The van der Waals surface area contributed by atoms with Crippen LogP contribution in [-0.2, 0) is 0 Å². The molecule has 96 valence electrons. The van der Waals surface area contributed by atoms with E-state index in [-0.39, 0.29) is 5.92 Å². The van der Waals surface area contributed by atoms with Crippen LogP contribution in [0.15, 0.2) is 30.3 Å². The molecule has 0 saturated heterocycles. The van der Waals surface area contributed by atoms with Crippen LogP contribution in [0.1, 0.15) is 21.2 Å². The van der Waals surface area contributed by atoms with Crippen molar-refractivity contribution in [3.05, 3.63) is 50.7 Å². The Morgan fingerprint density at radius 1 is 1.33 bits per heavy atom. The van der Waals surface area contributed by atoms with E-state index in [2.05, 4.69) is 19.1 Å². The van der Waals surface area contributed by atoms with Crippen LogP contribution in [0.5, 0.6) is 5.75 Å². The third kappa shape index (κ3) is 2.69. The van der Waals surface area contributed by atoms with Gasteiger partial charge in [0.25, 0.3) is 0 Å². The van der Waals surface area contributed by atoms with Crippen molar-refractivity contribution in [2.45, 2.75) is 12.8 Å². The standard InChI is InChI=1S/C14H16ClNOS/c1-9-3-6-14(18-9)12(8-16)11-7-10(15)4-5-13(11)17-2/h3-7,12H,8,16H2,1-2H3. The number of benzene rings is 1. The van der Waals surface area contributed by atoms with Gasteiger partial charge in [-0.2, -0.15) is 0 Å². The van der Waals surface area contributed by atoms with Crippen molar-refractivity contribution in [2.75, 3.05) is 13.7 Å². The Morgan fingerprint density at radius 3 is 2.67 bits per heavy atom. The molecule has 1 heterocycles. The van der Waals surface area contributed by atoms with Crippen LogP contribution < -0.4 is 10.5 Å². The van der Waals surface area contributed by atoms with Crippen LogP contribution in [-0.4, -0.2) is 13.7 Å². The summed E-state index contributed by atoms with van der Waals surface area (Å²) in [6, 6.07) is 9.89. The first-order valence-electron chi connectivity index (χ1n) is 5.75. The smallest absolute Gasteiger partial charge is 0.122 e. The summed E-state index contributed by atoms with van der Waals surface area (Å²) in [6.07, 6.45) is 0. The number of ether oxygens (including phenoxy) is 1. The fraction of sp³-hybridized carbons (Fsp3) is 0.286. The summed E-state index contributed by atoms with van der Waals surface area (Å²) in [5.41, 5.74) is 6.98. The Labute approximate surface area is 116 Å². The zero-order chi connectivity index (χ0) is 13.1. The van der Waals surface area contributed by atoms with Crippen molar-refractivity contribution in [2.24, 2.45) is 5.73 Å². The van der Waals surface area contributed by atoms with E-state index in [1.807, 2.05) is 18.2 Å². The van der Waals surface area contributed by atoms with Gasteiger partial charge in [-0.1, -0.05) is 11.6 Å². The maximum absolute atomic E-state index is 6.07. The summed E-state index contributed by atoms with van der Waals surface area (Å²) >= 11 is 7.84. The quantitative estimate of drug-likeness (QED) is 0.925. The highest BCUT2D eigenvalue weighted by molar-refractivity contribution is 7.12. The Hall–Kier alpha value is -1.03. The van der Waals surface area contributed by atoms with Gasteiger partial charge in [0.15, 0.2) is 0 Å². The van der Waals surface area contributed by atoms with Crippen molar-refractivity contribution < 1.29 is 4.74 Å². The van der Waals surface area contributed by atoms with E-state index in [1.165, 1.54) is 9.75 Å². The van der Waals surface area contributed by atoms with Crippen molar-refractivity contribution >= 4 is 22.9 Å². The molecule has 1 aromatic heterocycles. The average molecular weight is 282 g/mol. The number of methoxy groups -OCH3 is 1. The number of hydrogen-bond donors (Lipinski definition) is 1. The summed E-state index contributed by atoms with van der Waals surface area (Å²) in [5.74, 6) is 0.971. The minimum Gasteiger partial charge on any atom is -0.496 e. The third-order valence-corrected chi connectivity index (χ3v) is 4.26. The predicted octanol–water partition coefficient (Wildman–Crippen LogP) is 3.81. The van der Waals surface area contributed by atoms with Crippen LogP contribution in [0.25, 0.3) is 0 Å². The molecule has 0 aliphatic heterocycles. The second kappa shape index (κ2) is 5.74. The molecule has 0 aliphatic carbocycles. The second-order valence-electron chi connectivity index (χ2n) is 4.12. The molecule has 1 atom stereocenters. The maximum Gasteiger partial charge on any atom is 0.122 e. The average Bonchev–Trinajstić information content (AvgIpc) is 2.77. The second-order valence-corrected chi connectivity index (χ2v) is 5.88. The number of aryl methyl sites for hydroxylation is 1. The van der Waals surface area contributed by atoms with E-state index in [4.69, 9.17) is 22.1 Å². The predicted molar refractivity (Wildman–Crippen MR) is 78.0 cm³/mol. The van der Waals surface area contributed by atoms with E-state index >= 15 is 0 Å². The van der Waals surface area contributed by atoms with Crippen LogP contribution in [0.4, 0.5) is 0 Å². The molecule has 1 aromatic carbocycles. The molecule has 18 heavy (non-hydrogen) atoms. The topological polar surface area (TPSA) is 35.2 Å². The van der Waals surface area contributed by atoms with Gasteiger partial charge < -0.3 is 10.5 Å². The summed E-state index contributed by atoms with van der Waals surface area (Å²) < 4.78 is 5.40. The zero-order valence-electron chi connectivity index (χ0n) is 10.4. The largest absolute Gasteiger partial charge is 0.496 e. The lowest BCUT2D eigenvalue weighted by atomic mass is 9.96. The Balaban J connectivity index is 2.47. The van der Waals surface area contributed by atoms with Gasteiger partial charge in [0.05, 0.1) is 7.11 Å². The molecule has 0 radical (unpaired) electrons. The van der Waals surface area contributed by atoms with Crippen LogP contribution in [0.2, 0.25) is 5.02 Å².